The van der Waals surface area contributed by atoms with E-state index >= 15 is 0 Å². The quantitative estimate of drug-likeness (QED) is 0.252. The topological polar surface area (TPSA) is 73.9 Å². The molecule has 0 bridgehead atoms. The molecule has 0 saturated heterocycles. The second-order valence-corrected chi connectivity index (χ2v) is 6.43. The van der Waals surface area contributed by atoms with Gasteiger partial charge in [0.15, 0.2) is 0 Å². The fourth-order valence-electron chi connectivity index (χ4n) is 3.39. The van der Waals surface area contributed by atoms with Gasteiger partial charge in [0.05, 0.1) is 12.2 Å². The molecule has 4 nitrogen and oxygen atoms in total. The number of ether oxygens (including phenoxy) is 1. The maximum absolute atomic E-state index is 12.7. The summed E-state index contributed by atoms with van der Waals surface area (Å²) in [5.74, 6) is -0.396. The van der Waals surface area contributed by atoms with E-state index in [0.29, 0.717) is 24.2 Å². The lowest BCUT2D eigenvalue weighted by Crippen LogP contribution is -2.08. The van der Waals surface area contributed by atoms with Crippen LogP contribution in [0.1, 0.15) is 47.7 Å². The highest BCUT2D eigenvalue weighted by Gasteiger charge is 2.30. The Balaban J connectivity index is 1.97. The van der Waals surface area contributed by atoms with Crippen molar-refractivity contribution in [1.29, 1.82) is 10.5 Å². The van der Waals surface area contributed by atoms with E-state index in [-0.39, 0.29) is 5.57 Å². The van der Waals surface area contributed by atoms with E-state index in [2.05, 4.69) is 13.0 Å². The predicted octanol–water partition coefficient (Wildman–Crippen LogP) is 5.42. The molecule has 0 N–H and O–H groups in total. The van der Waals surface area contributed by atoms with Crippen LogP contribution in [0.3, 0.4) is 0 Å². The van der Waals surface area contributed by atoms with Crippen LogP contribution in [-0.2, 0) is 4.74 Å². The number of allylic oxidation sites excluding steroid dienone is 2. The molecule has 0 aliphatic heterocycles. The van der Waals surface area contributed by atoms with Crippen LogP contribution < -0.4 is 0 Å². The van der Waals surface area contributed by atoms with Gasteiger partial charge in [0.2, 0.25) is 0 Å². The molecular formula is C24H20N2O2. The normalized spacial score (nSPS) is 11.5. The Kier molecular flexibility index (Phi) is 6.04. The van der Waals surface area contributed by atoms with Gasteiger partial charge in [-0.15, -0.1) is 0 Å². The predicted molar refractivity (Wildman–Crippen MR) is 108 cm³/mol. The van der Waals surface area contributed by atoms with Gasteiger partial charge in [0, 0.05) is 11.1 Å². The number of unbranched alkanes of at least 4 members (excludes halogenated alkanes) is 1. The molecule has 0 radical (unpaired) electrons. The molecule has 0 spiro atoms. The molecule has 138 valence electrons. The van der Waals surface area contributed by atoms with Crippen molar-refractivity contribution in [1.82, 2.24) is 0 Å². The van der Waals surface area contributed by atoms with E-state index in [1.165, 1.54) is 0 Å². The summed E-state index contributed by atoms with van der Waals surface area (Å²) in [6.07, 6.45) is 6.90. The van der Waals surface area contributed by atoms with Gasteiger partial charge in [-0.3, -0.25) is 0 Å². The maximum Gasteiger partial charge on any atom is 0.338 e. The number of carbonyl (C=O) groups excluding carboxylic acids is 1. The van der Waals surface area contributed by atoms with Gasteiger partial charge in [-0.1, -0.05) is 61.9 Å². The average molecular weight is 368 g/mol. The van der Waals surface area contributed by atoms with E-state index in [1.807, 2.05) is 48.5 Å². The van der Waals surface area contributed by atoms with Crippen LogP contribution in [0.15, 0.2) is 60.2 Å². The Labute approximate surface area is 165 Å². The van der Waals surface area contributed by atoms with Crippen LogP contribution in [0.5, 0.6) is 0 Å². The molecule has 3 rings (SSSR count). The Morgan fingerprint density at radius 1 is 0.964 bits per heavy atom. The van der Waals surface area contributed by atoms with Gasteiger partial charge in [-0.2, -0.15) is 10.5 Å². The lowest BCUT2D eigenvalue weighted by Gasteiger charge is -2.09. The summed E-state index contributed by atoms with van der Waals surface area (Å²) < 4.78 is 5.46. The molecule has 0 fully saturated rings. The van der Waals surface area contributed by atoms with E-state index in [9.17, 15) is 15.3 Å². The molecule has 0 saturated carbocycles. The number of hydrogen-bond donors (Lipinski definition) is 0. The van der Waals surface area contributed by atoms with Crippen LogP contribution >= 0.6 is 0 Å². The summed E-state index contributed by atoms with van der Waals surface area (Å²) in [5.41, 5.74) is 4.14. The first-order valence-electron chi connectivity index (χ1n) is 9.32. The highest BCUT2D eigenvalue weighted by atomic mass is 16.5. The van der Waals surface area contributed by atoms with Gasteiger partial charge < -0.3 is 4.74 Å². The summed E-state index contributed by atoms with van der Waals surface area (Å²) >= 11 is 0. The Bertz CT molecular complexity index is 1030. The highest BCUT2D eigenvalue weighted by molar-refractivity contribution is 6.10. The van der Waals surface area contributed by atoms with Gasteiger partial charge >= 0.3 is 5.97 Å². The third kappa shape index (κ3) is 3.59. The molecule has 2 aromatic rings. The van der Waals surface area contributed by atoms with Crippen molar-refractivity contribution in [2.24, 2.45) is 0 Å². The zero-order valence-corrected chi connectivity index (χ0v) is 15.7. The van der Waals surface area contributed by atoms with Gasteiger partial charge in [-0.05, 0) is 35.6 Å². The number of rotatable bonds is 6. The van der Waals surface area contributed by atoms with E-state index in [4.69, 9.17) is 4.74 Å². The van der Waals surface area contributed by atoms with Crippen molar-refractivity contribution in [3.8, 4) is 23.3 Å². The summed E-state index contributed by atoms with van der Waals surface area (Å²) in [5, 5.41) is 18.8. The van der Waals surface area contributed by atoms with Crippen molar-refractivity contribution in [2.45, 2.75) is 26.2 Å². The fourth-order valence-corrected chi connectivity index (χ4v) is 3.39. The summed E-state index contributed by atoms with van der Waals surface area (Å²) in [4.78, 5) is 12.7. The molecule has 0 unspecified atom stereocenters. The standard InChI is InChI=1S/C24H20N2O2/c1-2-3-4-5-8-14-28-24(27)21-13-9-12-20-22(17(15-25)16-26)18-10-6-7-11-19(18)23(20)21/h4-7,9-13H,2-3,8,14H2,1H3/b5-4+. The number of carbonyl (C=O) groups is 1. The zero-order chi connectivity index (χ0) is 19.9. The first-order valence-corrected chi connectivity index (χ1v) is 9.32. The van der Waals surface area contributed by atoms with Crippen LogP contribution in [0.4, 0.5) is 0 Å². The fraction of sp³-hybridized carbons (Fsp3) is 0.208. The molecule has 0 heterocycles. The zero-order valence-electron chi connectivity index (χ0n) is 15.7. The molecule has 1 aliphatic rings. The Hall–Kier alpha value is -3.63. The summed E-state index contributed by atoms with van der Waals surface area (Å²) in [7, 11) is 0. The second-order valence-electron chi connectivity index (χ2n) is 6.43. The first-order chi connectivity index (χ1) is 13.7. The van der Waals surface area contributed by atoms with Gasteiger partial charge in [-0.25, -0.2) is 4.79 Å². The number of esters is 1. The maximum atomic E-state index is 12.7. The minimum atomic E-state index is -0.396. The highest BCUT2D eigenvalue weighted by Crippen LogP contribution is 2.47. The van der Waals surface area contributed by atoms with Crippen LogP contribution in [0, 0.1) is 22.7 Å². The van der Waals surface area contributed by atoms with Crippen molar-refractivity contribution in [3.05, 3.63) is 76.9 Å². The van der Waals surface area contributed by atoms with Gasteiger partial charge in [0.1, 0.15) is 17.7 Å². The molecule has 4 heteroatoms. The second kappa shape index (κ2) is 8.84. The Morgan fingerprint density at radius 3 is 2.36 bits per heavy atom. The molecule has 0 aromatic heterocycles. The molecule has 0 amide bonds. The molecule has 0 atom stereocenters. The van der Waals surface area contributed by atoms with Crippen LogP contribution in [0.25, 0.3) is 16.7 Å². The molecule has 28 heavy (non-hydrogen) atoms. The number of hydrogen-bond acceptors (Lipinski definition) is 4. The molecular weight excluding hydrogens is 348 g/mol. The lowest BCUT2D eigenvalue weighted by molar-refractivity contribution is 0.0512. The third-order valence-corrected chi connectivity index (χ3v) is 4.63. The van der Waals surface area contributed by atoms with Gasteiger partial charge in [0.25, 0.3) is 0 Å². The van der Waals surface area contributed by atoms with Crippen molar-refractivity contribution in [2.75, 3.05) is 6.61 Å². The minimum Gasteiger partial charge on any atom is -0.462 e. The minimum absolute atomic E-state index is 0.0396. The largest absolute Gasteiger partial charge is 0.462 e. The number of benzene rings is 2. The summed E-state index contributed by atoms with van der Waals surface area (Å²) in [6.45, 7) is 2.43. The van der Waals surface area contributed by atoms with Crippen LogP contribution in [0.2, 0.25) is 0 Å². The van der Waals surface area contributed by atoms with Crippen molar-refractivity contribution in [3.63, 3.8) is 0 Å². The van der Waals surface area contributed by atoms with E-state index < -0.39 is 5.97 Å². The number of nitriles is 2. The number of nitrogens with zero attached hydrogens (tertiary/aromatic N) is 2. The van der Waals surface area contributed by atoms with E-state index in [1.54, 1.807) is 12.1 Å². The smallest absolute Gasteiger partial charge is 0.338 e. The van der Waals surface area contributed by atoms with Crippen molar-refractivity contribution < 1.29 is 9.53 Å². The Morgan fingerprint density at radius 2 is 1.64 bits per heavy atom. The average Bonchev–Trinajstić information content (AvgIpc) is 3.06. The SMILES string of the molecule is CCC/C=C/CCOC(=O)c1cccc2c1-c1ccccc1C2=C(C#N)C#N. The first kappa shape index (κ1) is 19.1. The molecule has 1 aliphatic carbocycles. The monoisotopic (exact) mass is 368 g/mol. The van der Waals surface area contributed by atoms with E-state index in [0.717, 1.165) is 35.1 Å². The molecule has 2 aromatic carbocycles. The third-order valence-electron chi connectivity index (χ3n) is 4.63. The van der Waals surface area contributed by atoms with Crippen LogP contribution in [-0.4, -0.2) is 12.6 Å². The summed E-state index contributed by atoms with van der Waals surface area (Å²) in [6, 6.07) is 16.8. The van der Waals surface area contributed by atoms with Crippen molar-refractivity contribution >= 4 is 11.5 Å². The lowest BCUT2D eigenvalue weighted by atomic mass is 9.97. The number of fused-ring (bicyclic) bond motifs is 3.